The highest BCUT2D eigenvalue weighted by Gasteiger charge is 2.08. The maximum atomic E-state index is 11.8. The summed E-state index contributed by atoms with van der Waals surface area (Å²) in [7, 11) is 1.66. The second kappa shape index (κ2) is 10.8. The van der Waals surface area contributed by atoms with Crippen LogP contribution in [0, 0.1) is 0 Å². The van der Waals surface area contributed by atoms with E-state index in [-0.39, 0.29) is 5.69 Å². The van der Waals surface area contributed by atoms with Gasteiger partial charge in [-0.15, -0.1) is 15.3 Å². The molecule has 2 heterocycles. The van der Waals surface area contributed by atoms with Crippen molar-refractivity contribution in [3.63, 3.8) is 0 Å². The number of aromatic amines is 1. The summed E-state index contributed by atoms with van der Waals surface area (Å²) in [5.41, 5.74) is 0.811. The first-order valence-electron chi connectivity index (χ1n) is 9.38. The van der Waals surface area contributed by atoms with Gasteiger partial charge in [0.2, 0.25) is 5.82 Å². The molecule has 150 valence electrons. The van der Waals surface area contributed by atoms with Gasteiger partial charge in [0.1, 0.15) is 0 Å². The number of rotatable bonds is 12. The van der Waals surface area contributed by atoms with Crippen molar-refractivity contribution in [1.29, 1.82) is 0 Å². The maximum absolute atomic E-state index is 11.8. The molecule has 1 aromatic carbocycles. The summed E-state index contributed by atoms with van der Waals surface area (Å²) in [6.07, 6.45) is 3.85. The van der Waals surface area contributed by atoms with Crippen molar-refractivity contribution in [2.75, 3.05) is 19.5 Å². The molecule has 0 fully saturated rings. The molecule has 0 unspecified atom stereocenters. The molecule has 3 rings (SSSR count). The monoisotopic (exact) mass is 403 g/mol. The fourth-order valence-electron chi connectivity index (χ4n) is 2.71. The third-order valence-electron chi connectivity index (χ3n) is 4.17. The van der Waals surface area contributed by atoms with Gasteiger partial charge in [-0.05, 0) is 24.5 Å². The zero-order valence-electron chi connectivity index (χ0n) is 16.0. The average Bonchev–Trinajstić information content (AvgIpc) is 3.33. The molecule has 10 heteroatoms. The number of methoxy groups -OCH3 is 1. The van der Waals surface area contributed by atoms with Crippen LogP contribution in [0.15, 0.2) is 40.3 Å². The van der Waals surface area contributed by atoms with Gasteiger partial charge in [0.05, 0.1) is 6.54 Å². The number of unbranched alkanes of at least 4 members (excludes halogenated alkanes) is 2. The summed E-state index contributed by atoms with van der Waals surface area (Å²) in [5, 5.41) is 20.0. The van der Waals surface area contributed by atoms with Crippen molar-refractivity contribution >= 4 is 11.8 Å². The van der Waals surface area contributed by atoms with E-state index < -0.39 is 0 Å². The highest BCUT2D eigenvalue weighted by atomic mass is 32.2. The Hall–Kier alpha value is -2.46. The van der Waals surface area contributed by atoms with E-state index in [1.807, 2.05) is 30.3 Å². The number of hydrogen-bond acceptors (Lipinski definition) is 7. The third kappa shape index (κ3) is 5.77. The molecule has 0 saturated carbocycles. The standard InChI is InChI=1S/C18H25N7O2S/c1-27-13-8-11-24-17(26)20-21-18(24)28-14-7-3-6-12-25-22-16(19-23-25)15-9-4-2-5-10-15/h2,4-5,9-10H,3,6-8,11-14H2,1H3,(H,20,26). The topological polar surface area (TPSA) is 104 Å². The van der Waals surface area contributed by atoms with Crippen LogP contribution in [0.1, 0.15) is 25.7 Å². The van der Waals surface area contributed by atoms with Crippen molar-refractivity contribution in [3.8, 4) is 11.4 Å². The molecule has 1 N–H and O–H groups in total. The lowest BCUT2D eigenvalue weighted by Gasteiger charge is -2.05. The minimum atomic E-state index is -0.162. The van der Waals surface area contributed by atoms with E-state index in [1.165, 1.54) is 0 Å². The maximum Gasteiger partial charge on any atom is 0.343 e. The molecule has 0 saturated heterocycles. The first-order chi connectivity index (χ1) is 13.8. The van der Waals surface area contributed by atoms with E-state index >= 15 is 0 Å². The van der Waals surface area contributed by atoms with Crippen LogP contribution in [0.25, 0.3) is 11.4 Å². The second-order valence-electron chi connectivity index (χ2n) is 6.29. The van der Waals surface area contributed by atoms with Crippen LogP contribution in [0.3, 0.4) is 0 Å². The molecular weight excluding hydrogens is 378 g/mol. The van der Waals surface area contributed by atoms with Gasteiger partial charge in [-0.25, -0.2) is 9.89 Å². The van der Waals surface area contributed by atoms with Gasteiger partial charge in [-0.1, -0.05) is 48.5 Å². The third-order valence-corrected chi connectivity index (χ3v) is 5.23. The lowest BCUT2D eigenvalue weighted by atomic mass is 10.2. The number of benzene rings is 1. The van der Waals surface area contributed by atoms with E-state index in [2.05, 4.69) is 25.6 Å². The number of thioether (sulfide) groups is 1. The molecule has 0 aliphatic carbocycles. The molecule has 28 heavy (non-hydrogen) atoms. The van der Waals surface area contributed by atoms with Crippen molar-refractivity contribution < 1.29 is 4.74 Å². The Labute approximate surface area is 167 Å². The summed E-state index contributed by atoms with van der Waals surface area (Å²) < 4.78 is 6.71. The quantitative estimate of drug-likeness (QED) is 0.365. The summed E-state index contributed by atoms with van der Waals surface area (Å²) in [6, 6.07) is 9.84. The number of nitrogens with zero attached hydrogens (tertiary/aromatic N) is 6. The average molecular weight is 404 g/mol. The van der Waals surface area contributed by atoms with Gasteiger partial charge in [0, 0.05) is 31.6 Å². The molecule has 0 spiro atoms. The minimum absolute atomic E-state index is 0.162. The number of hydrogen-bond donors (Lipinski definition) is 1. The summed E-state index contributed by atoms with van der Waals surface area (Å²) in [6.45, 7) is 1.99. The summed E-state index contributed by atoms with van der Waals surface area (Å²) in [5.74, 6) is 1.57. The Kier molecular flexibility index (Phi) is 7.80. The van der Waals surface area contributed by atoms with Crippen LogP contribution in [-0.4, -0.2) is 54.4 Å². The van der Waals surface area contributed by atoms with Crippen molar-refractivity contribution in [1.82, 2.24) is 35.0 Å². The van der Waals surface area contributed by atoms with Crippen molar-refractivity contribution in [2.45, 2.75) is 43.9 Å². The molecule has 0 bridgehead atoms. The Bertz CT molecular complexity index is 891. The molecule has 9 nitrogen and oxygen atoms in total. The molecule has 0 aliphatic rings. The number of aromatic nitrogens is 7. The largest absolute Gasteiger partial charge is 0.385 e. The van der Waals surface area contributed by atoms with Gasteiger partial charge in [0.15, 0.2) is 5.16 Å². The Balaban J connectivity index is 1.36. The number of ether oxygens (including phenoxy) is 1. The highest BCUT2D eigenvalue weighted by Crippen LogP contribution is 2.16. The predicted octanol–water partition coefficient (Wildman–Crippen LogP) is 2.22. The number of H-pyrrole nitrogens is 1. The van der Waals surface area contributed by atoms with Crippen molar-refractivity contribution in [2.24, 2.45) is 0 Å². The minimum Gasteiger partial charge on any atom is -0.385 e. The fourth-order valence-corrected chi connectivity index (χ4v) is 3.69. The van der Waals surface area contributed by atoms with Crippen LogP contribution in [0.2, 0.25) is 0 Å². The second-order valence-corrected chi connectivity index (χ2v) is 7.36. The van der Waals surface area contributed by atoms with E-state index in [0.717, 1.165) is 48.7 Å². The Morgan fingerprint density at radius 1 is 1.11 bits per heavy atom. The number of tetrazole rings is 1. The Morgan fingerprint density at radius 2 is 1.96 bits per heavy atom. The van der Waals surface area contributed by atoms with Gasteiger partial charge in [-0.2, -0.15) is 4.80 Å². The molecule has 3 aromatic rings. The lowest BCUT2D eigenvalue weighted by molar-refractivity contribution is 0.189. The van der Waals surface area contributed by atoms with Crippen LogP contribution in [0.4, 0.5) is 0 Å². The van der Waals surface area contributed by atoms with Crippen LogP contribution < -0.4 is 5.69 Å². The van der Waals surface area contributed by atoms with Gasteiger partial charge < -0.3 is 4.74 Å². The number of aryl methyl sites for hydroxylation is 1. The van der Waals surface area contributed by atoms with Gasteiger partial charge in [0.25, 0.3) is 0 Å². The fraction of sp³-hybridized carbons (Fsp3) is 0.500. The SMILES string of the molecule is COCCCn1c(SCCCCCn2nnc(-c3ccccc3)n2)n[nH]c1=O. The first kappa shape index (κ1) is 20.3. The lowest BCUT2D eigenvalue weighted by Crippen LogP contribution is -2.18. The van der Waals surface area contributed by atoms with E-state index in [1.54, 1.807) is 28.2 Å². The Morgan fingerprint density at radius 3 is 2.79 bits per heavy atom. The van der Waals surface area contributed by atoms with Gasteiger partial charge >= 0.3 is 5.69 Å². The molecule has 0 aliphatic heterocycles. The van der Waals surface area contributed by atoms with E-state index in [9.17, 15) is 4.79 Å². The van der Waals surface area contributed by atoms with Crippen LogP contribution >= 0.6 is 11.8 Å². The van der Waals surface area contributed by atoms with Crippen LogP contribution in [0.5, 0.6) is 0 Å². The molecule has 0 atom stereocenters. The highest BCUT2D eigenvalue weighted by molar-refractivity contribution is 7.99. The predicted molar refractivity (Wildman–Crippen MR) is 107 cm³/mol. The zero-order valence-corrected chi connectivity index (χ0v) is 16.8. The molecule has 2 aromatic heterocycles. The molecule has 0 radical (unpaired) electrons. The summed E-state index contributed by atoms with van der Waals surface area (Å²) in [4.78, 5) is 13.4. The zero-order chi connectivity index (χ0) is 19.6. The van der Waals surface area contributed by atoms with E-state index in [4.69, 9.17) is 4.74 Å². The number of nitrogens with one attached hydrogen (secondary N) is 1. The van der Waals surface area contributed by atoms with Crippen LogP contribution in [-0.2, 0) is 17.8 Å². The normalized spacial score (nSPS) is 11.2. The smallest absolute Gasteiger partial charge is 0.343 e. The molecular formula is C18H25N7O2S. The van der Waals surface area contributed by atoms with Gasteiger partial charge in [-0.3, -0.25) is 4.57 Å². The first-order valence-corrected chi connectivity index (χ1v) is 10.4. The van der Waals surface area contributed by atoms with E-state index in [0.29, 0.717) is 19.0 Å². The summed E-state index contributed by atoms with van der Waals surface area (Å²) >= 11 is 1.60. The molecule has 0 amide bonds. The van der Waals surface area contributed by atoms with Crippen molar-refractivity contribution in [3.05, 3.63) is 40.8 Å².